The van der Waals surface area contributed by atoms with E-state index in [1.165, 1.54) is 24.1 Å². The smallest absolute Gasteiger partial charge is 0.302 e. The molecule has 0 atom stereocenters. The van der Waals surface area contributed by atoms with Crippen molar-refractivity contribution >= 4 is 35.1 Å². The maximum absolute atomic E-state index is 11.8. The van der Waals surface area contributed by atoms with Gasteiger partial charge in [0.1, 0.15) is 0 Å². The highest BCUT2D eigenvalue weighted by Gasteiger charge is 2.10. The molecular weight excluding hydrogens is 264 g/mol. The monoisotopic (exact) mass is 276 g/mol. The van der Waals surface area contributed by atoms with Gasteiger partial charge in [-0.25, -0.2) is 4.98 Å². The van der Waals surface area contributed by atoms with Crippen molar-refractivity contribution in [1.29, 1.82) is 0 Å². The minimum atomic E-state index is -0.301. The van der Waals surface area contributed by atoms with Crippen LogP contribution in [-0.2, 0) is 4.79 Å². The summed E-state index contributed by atoms with van der Waals surface area (Å²) in [6.45, 7) is 3.34. The van der Waals surface area contributed by atoms with Crippen molar-refractivity contribution in [3.05, 3.63) is 39.9 Å². The molecule has 0 aliphatic rings. The number of thiophene rings is 1. The molecule has 5 nitrogen and oxygen atoms in total. The molecule has 2 rings (SSSR count). The lowest BCUT2D eigenvalue weighted by atomic mass is 10.3. The standard InChI is InChI=1S/C13H12N2O3S/c1-8-3-4-10(19-8)5-6-11(17)12-7-14-13(18-12)15-9(2)16/h3-7H,1-2H3,(H,14,15,16)/b6-5+. The minimum Gasteiger partial charge on any atom is -0.420 e. The fourth-order valence-electron chi connectivity index (χ4n) is 1.38. The summed E-state index contributed by atoms with van der Waals surface area (Å²) in [5.74, 6) is -0.506. The van der Waals surface area contributed by atoms with Gasteiger partial charge in [-0.15, -0.1) is 11.3 Å². The molecule has 0 saturated carbocycles. The first-order valence-corrected chi connectivity index (χ1v) is 6.38. The van der Waals surface area contributed by atoms with Gasteiger partial charge in [0.05, 0.1) is 6.20 Å². The first-order chi connectivity index (χ1) is 9.04. The SMILES string of the molecule is CC(=O)Nc1ncc(C(=O)/C=C/c2ccc(C)s2)o1. The average Bonchev–Trinajstić information content (AvgIpc) is 2.95. The highest BCUT2D eigenvalue weighted by molar-refractivity contribution is 7.12. The Morgan fingerprint density at radius 2 is 2.21 bits per heavy atom. The summed E-state index contributed by atoms with van der Waals surface area (Å²) >= 11 is 1.60. The van der Waals surface area contributed by atoms with E-state index in [1.54, 1.807) is 17.4 Å². The summed E-state index contributed by atoms with van der Waals surface area (Å²) in [4.78, 5) is 28.6. The third kappa shape index (κ3) is 3.62. The Hall–Kier alpha value is -2.21. The van der Waals surface area contributed by atoms with Gasteiger partial charge in [0, 0.05) is 16.7 Å². The van der Waals surface area contributed by atoms with Gasteiger partial charge in [-0.2, -0.15) is 0 Å². The summed E-state index contributed by atoms with van der Waals surface area (Å²) < 4.78 is 5.11. The number of anilines is 1. The van der Waals surface area contributed by atoms with Crippen molar-refractivity contribution in [2.45, 2.75) is 13.8 Å². The largest absolute Gasteiger partial charge is 0.420 e. The number of rotatable bonds is 4. The summed E-state index contributed by atoms with van der Waals surface area (Å²) in [6.07, 6.45) is 4.43. The molecule has 98 valence electrons. The van der Waals surface area contributed by atoms with E-state index in [0.29, 0.717) is 0 Å². The molecular formula is C13H12N2O3S. The van der Waals surface area contributed by atoms with Crippen LogP contribution in [0.1, 0.15) is 27.2 Å². The van der Waals surface area contributed by atoms with E-state index in [0.717, 1.165) is 4.88 Å². The summed E-state index contributed by atoms with van der Waals surface area (Å²) in [5, 5.41) is 2.37. The summed E-state index contributed by atoms with van der Waals surface area (Å²) in [6, 6.07) is 3.95. The molecule has 0 spiro atoms. The number of nitrogens with one attached hydrogen (secondary N) is 1. The van der Waals surface area contributed by atoms with Gasteiger partial charge < -0.3 is 4.42 Å². The fraction of sp³-hybridized carbons (Fsp3) is 0.154. The lowest BCUT2D eigenvalue weighted by molar-refractivity contribution is -0.114. The van der Waals surface area contributed by atoms with Crippen molar-refractivity contribution in [3.8, 4) is 0 Å². The molecule has 1 amide bonds. The number of aryl methyl sites for hydroxylation is 1. The van der Waals surface area contributed by atoms with Crippen LogP contribution in [0.5, 0.6) is 0 Å². The van der Waals surface area contributed by atoms with Gasteiger partial charge in [0.15, 0.2) is 5.76 Å². The number of carbonyl (C=O) groups excluding carboxylic acids is 2. The van der Waals surface area contributed by atoms with Crippen molar-refractivity contribution in [2.75, 3.05) is 5.32 Å². The Kier molecular flexibility index (Phi) is 3.91. The van der Waals surface area contributed by atoms with Crippen LogP contribution >= 0.6 is 11.3 Å². The third-order valence-corrected chi connectivity index (χ3v) is 3.16. The Labute approximate surface area is 114 Å². The molecule has 2 aromatic rings. The lowest BCUT2D eigenvalue weighted by Gasteiger charge is -1.92. The number of carbonyl (C=O) groups is 2. The Balaban J connectivity index is 2.05. The van der Waals surface area contributed by atoms with Crippen LogP contribution in [0.25, 0.3) is 6.08 Å². The molecule has 0 aromatic carbocycles. The maximum Gasteiger partial charge on any atom is 0.302 e. The van der Waals surface area contributed by atoms with Crippen LogP contribution in [0.2, 0.25) is 0 Å². The zero-order valence-electron chi connectivity index (χ0n) is 10.5. The van der Waals surface area contributed by atoms with Gasteiger partial charge in [0.25, 0.3) is 0 Å². The number of aromatic nitrogens is 1. The molecule has 6 heteroatoms. The van der Waals surface area contributed by atoms with Crippen molar-refractivity contribution in [3.63, 3.8) is 0 Å². The van der Waals surface area contributed by atoms with Crippen LogP contribution in [0, 0.1) is 6.92 Å². The topological polar surface area (TPSA) is 72.2 Å². The first kappa shape index (κ1) is 13.2. The molecule has 0 aliphatic carbocycles. The molecule has 0 aliphatic heterocycles. The van der Waals surface area contributed by atoms with Crippen molar-refractivity contribution in [2.24, 2.45) is 0 Å². The lowest BCUT2D eigenvalue weighted by Crippen LogP contribution is -2.05. The van der Waals surface area contributed by atoms with E-state index < -0.39 is 0 Å². The maximum atomic E-state index is 11.8. The second kappa shape index (κ2) is 5.62. The van der Waals surface area contributed by atoms with Gasteiger partial charge in [-0.1, -0.05) is 0 Å². The van der Waals surface area contributed by atoms with E-state index in [9.17, 15) is 9.59 Å². The third-order valence-electron chi connectivity index (χ3n) is 2.19. The highest BCUT2D eigenvalue weighted by atomic mass is 32.1. The predicted molar refractivity (Wildman–Crippen MR) is 73.2 cm³/mol. The molecule has 2 heterocycles. The van der Waals surface area contributed by atoms with E-state index >= 15 is 0 Å². The van der Waals surface area contributed by atoms with E-state index in [4.69, 9.17) is 4.42 Å². The number of oxazole rings is 1. The first-order valence-electron chi connectivity index (χ1n) is 5.57. The van der Waals surface area contributed by atoms with E-state index in [1.807, 2.05) is 19.1 Å². The van der Waals surface area contributed by atoms with Gasteiger partial charge in [-0.3, -0.25) is 14.9 Å². The Bertz CT molecular complexity index is 640. The molecule has 1 N–H and O–H groups in total. The molecule has 0 fully saturated rings. The Morgan fingerprint density at radius 1 is 1.42 bits per heavy atom. The summed E-state index contributed by atoms with van der Waals surface area (Å²) in [5.41, 5.74) is 0. The number of ketones is 1. The van der Waals surface area contributed by atoms with Gasteiger partial charge in [0.2, 0.25) is 11.7 Å². The second-order valence-corrected chi connectivity index (χ2v) is 5.18. The van der Waals surface area contributed by atoms with Crippen LogP contribution in [-0.4, -0.2) is 16.7 Å². The predicted octanol–water partition coefficient (Wildman–Crippen LogP) is 2.90. The average molecular weight is 276 g/mol. The van der Waals surface area contributed by atoms with Crippen LogP contribution in [0.3, 0.4) is 0 Å². The molecule has 2 aromatic heterocycles. The van der Waals surface area contributed by atoms with Crippen LogP contribution in [0.4, 0.5) is 6.01 Å². The zero-order valence-corrected chi connectivity index (χ0v) is 11.3. The number of hydrogen-bond donors (Lipinski definition) is 1. The quantitative estimate of drug-likeness (QED) is 0.688. The Morgan fingerprint density at radius 3 is 2.84 bits per heavy atom. The van der Waals surface area contributed by atoms with E-state index in [2.05, 4.69) is 10.3 Å². The molecule has 0 unspecified atom stereocenters. The van der Waals surface area contributed by atoms with Crippen molar-refractivity contribution < 1.29 is 14.0 Å². The van der Waals surface area contributed by atoms with Crippen LogP contribution in [0.15, 0.2) is 28.8 Å². The number of amides is 1. The normalized spacial score (nSPS) is 10.8. The highest BCUT2D eigenvalue weighted by Crippen LogP contribution is 2.17. The minimum absolute atomic E-state index is 0.0243. The second-order valence-electron chi connectivity index (χ2n) is 3.86. The van der Waals surface area contributed by atoms with Crippen molar-refractivity contribution in [1.82, 2.24) is 4.98 Å². The fourth-order valence-corrected chi connectivity index (χ4v) is 2.16. The molecule has 19 heavy (non-hydrogen) atoms. The van der Waals surface area contributed by atoms with Crippen LogP contribution < -0.4 is 5.32 Å². The zero-order chi connectivity index (χ0) is 13.8. The summed E-state index contributed by atoms with van der Waals surface area (Å²) in [7, 11) is 0. The number of nitrogens with zero attached hydrogens (tertiary/aromatic N) is 1. The van der Waals surface area contributed by atoms with Gasteiger partial charge in [-0.05, 0) is 31.2 Å². The molecule has 0 bridgehead atoms. The van der Waals surface area contributed by atoms with Gasteiger partial charge >= 0.3 is 6.01 Å². The molecule has 0 radical (unpaired) electrons. The van der Waals surface area contributed by atoms with E-state index in [-0.39, 0.29) is 23.5 Å². The number of allylic oxidation sites excluding steroid dienone is 1. The molecule has 0 saturated heterocycles. The number of hydrogen-bond acceptors (Lipinski definition) is 5.